The third-order valence-corrected chi connectivity index (χ3v) is 5.51. The Balaban J connectivity index is 3.91. The first-order valence-corrected chi connectivity index (χ1v) is 10.4. The largest absolute Gasteiger partial charge is 0.309 e. The lowest BCUT2D eigenvalue weighted by Gasteiger charge is -2.30. The summed E-state index contributed by atoms with van der Waals surface area (Å²) in [5.74, 6) is 2.64. The van der Waals surface area contributed by atoms with E-state index in [1.54, 1.807) is 0 Å². The Kier molecular flexibility index (Phi) is 14.1. The molecule has 0 aliphatic rings. The van der Waals surface area contributed by atoms with E-state index < -0.39 is 0 Å². The van der Waals surface area contributed by atoms with E-state index >= 15 is 0 Å². The maximum atomic E-state index is 2.55. The van der Waals surface area contributed by atoms with Gasteiger partial charge in [-0.2, -0.15) is 11.8 Å². The lowest BCUT2D eigenvalue weighted by atomic mass is 9.78. The summed E-state index contributed by atoms with van der Waals surface area (Å²) in [6.45, 7) is 8.40. The molecule has 0 bridgehead atoms. The molecule has 0 aromatic carbocycles. The Bertz CT molecular complexity index is 218. The predicted molar refractivity (Wildman–Crippen MR) is 102 cm³/mol. The van der Waals surface area contributed by atoms with Crippen LogP contribution in [0, 0.1) is 5.41 Å². The van der Waals surface area contributed by atoms with Crippen molar-refractivity contribution in [3.05, 3.63) is 0 Å². The predicted octanol–water partition coefficient (Wildman–Crippen LogP) is 6.23. The summed E-state index contributed by atoms with van der Waals surface area (Å²) in [6, 6.07) is 0. The zero-order valence-electron chi connectivity index (χ0n) is 15.5. The lowest BCUT2D eigenvalue weighted by Crippen LogP contribution is -2.19. The zero-order valence-corrected chi connectivity index (χ0v) is 16.4. The van der Waals surface area contributed by atoms with Crippen molar-refractivity contribution in [2.24, 2.45) is 5.41 Å². The first kappa shape index (κ1) is 21.3. The van der Waals surface area contributed by atoms with Crippen LogP contribution in [-0.2, 0) is 0 Å². The van der Waals surface area contributed by atoms with Gasteiger partial charge in [-0.05, 0) is 44.5 Å². The summed E-state index contributed by atoms with van der Waals surface area (Å²) in [4.78, 5) is 2.29. The summed E-state index contributed by atoms with van der Waals surface area (Å²) < 4.78 is 0. The van der Waals surface area contributed by atoms with Gasteiger partial charge in [0, 0.05) is 12.3 Å². The van der Waals surface area contributed by atoms with Gasteiger partial charge in [-0.1, -0.05) is 65.7 Å². The molecule has 0 amide bonds. The molecule has 0 aromatic heterocycles. The first-order chi connectivity index (χ1) is 10.0. The Morgan fingerprint density at radius 3 is 2.00 bits per heavy atom. The maximum absolute atomic E-state index is 2.55. The normalized spacial score (nSPS) is 14.6. The number of thioether (sulfide) groups is 1. The van der Waals surface area contributed by atoms with E-state index in [4.69, 9.17) is 0 Å². The molecular formula is C19H41NS. The first-order valence-electron chi connectivity index (χ1n) is 9.26. The van der Waals surface area contributed by atoms with E-state index in [0.717, 1.165) is 0 Å². The van der Waals surface area contributed by atoms with Gasteiger partial charge in [0.05, 0.1) is 0 Å². The Labute approximate surface area is 139 Å². The van der Waals surface area contributed by atoms with Crippen LogP contribution in [0.25, 0.3) is 0 Å². The van der Waals surface area contributed by atoms with Crippen LogP contribution in [0.3, 0.4) is 0 Å². The molecule has 0 fully saturated rings. The molecule has 0 heterocycles. The van der Waals surface area contributed by atoms with Gasteiger partial charge in [0.2, 0.25) is 0 Å². The number of rotatable bonds is 15. The third kappa shape index (κ3) is 13.7. The molecule has 0 rings (SSSR count). The highest BCUT2D eigenvalue weighted by Crippen LogP contribution is 2.35. The van der Waals surface area contributed by atoms with E-state index in [-0.39, 0.29) is 0 Å². The Morgan fingerprint density at radius 1 is 0.762 bits per heavy atom. The fourth-order valence-electron chi connectivity index (χ4n) is 2.80. The maximum Gasteiger partial charge on any atom is 0.00662 e. The van der Waals surface area contributed by atoms with Crippen LogP contribution in [0.4, 0.5) is 0 Å². The number of nitrogens with zero attached hydrogens (tertiary/aromatic N) is 1. The smallest absolute Gasteiger partial charge is 0.00662 e. The minimum atomic E-state index is 0.605. The van der Waals surface area contributed by atoms with Crippen molar-refractivity contribution < 1.29 is 0 Å². The lowest BCUT2D eigenvalue weighted by molar-refractivity contribution is 0.245. The van der Waals surface area contributed by atoms with Crippen molar-refractivity contribution in [2.45, 2.75) is 85.0 Å². The van der Waals surface area contributed by atoms with Gasteiger partial charge in [-0.15, -0.1) is 0 Å². The number of hydrogen-bond donors (Lipinski definition) is 0. The molecule has 1 atom stereocenters. The average Bonchev–Trinajstić information content (AvgIpc) is 2.44. The number of unbranched alkanes of at least 4 members (excludes halogenated alkanes) is 5. The molecule has 0 aliphatic heterocycles. The van der Waals surface area contributed by atoms with Crippen molar-refractivity contribution in [1.82, 2.24) is 4.90 Å². The van der Waals surface area contributed by atoms with Gasteiger partial charge >= 0.3 is 0 Å². The molecule has 0 spiro atoms. The molecule has 0 aromatic rings. The highest BCUT2D eigenvalue weighted by molar-refractivity contribution is 7.99. The molecule has 0 radical (unpaired) electrons. The van der Waals surface area contributed by atoms with Gasteiger partial charge in [-0.3, -0.25) is 0 Å². The molecule has 0 saturated heterocycles. The minimum absolute atomic E-state index is 0.605. The zero-order chi connectivity index (χ0) is 16.0. The van der Waals surface area contributed by atoms with E-state index in [9.17, 15) is 0 Å². The SMILES string of the molecule is CCCCCCCC(C)(CCCC)CCSCCN(C)C. The topological polar surface area (TPSA) is 3.24 Å². The second-order valence-electron chi connectivity index (χ2n) is 7.24. The van der Waals surface area contributed by atoms with Crippen molar-refractivity contribution in [2.75, 3.05) is 32.1 Å². The van der Waals surface area contributed by atoms with E-state index in [0.29, 0.717) is 5.41 Å². The fraction of sp³-hybridized carbons (Fsp3) is 1.00. The van der Waals surface area contributed by atoms with Crippen molar-refractivity contribution in [1.29, 1.82) is 0 Å². The summed E-state index contributed by atoms with van der Waals surface area (Å²) in [7, 11) is 4.34. The van der Waals surface area contributed by atoms with Gasteiger partial charge in [0.15, 0.2) is 0 Å². The van der Waals surface area contributed by atoms with Crippen LogP contribution in [0.2, 0.25) is 0 Å². The van der Waals surface area contributed by atoms with Crippen LogP contribution >= 0.6 is 11.8 Å². The second-order valence-corrected chi connectivity index (χ2v) is 8.47. The van der Waals surface area contributed by atoms with Gasteiger partial charge in [-0.25, -0.2) is 0 Å². The fourth-order valence-corrected chi connectivity index (χ4v) is 4.14. The monoisotopic (exact) mass is 315 g/mol. The van der Waals surface area contributed by atoms with Crippen LogP contribution in [0.5, 0.6) is 0 Å². The Morgan fingerprint density at radius 2 is 1.38 bits per heavy atom. The van der Waals surface area contributed by atoms with Crippen LogP contribution in [0.15, 0.2) is 0 Å². The van der Waals surface area contributed by atoms with Crippen molar-refractivity contribution in [3.63, 3.8) is 0 Å². The van der Waals surface area contributed by atoms with Crippen LogP contribution < -0.4 is 0 Å². The molecule has 1 nitrogen and oxygen atoms in total. The molecular weight excluding hydrogens is 274 g/mol. The van der Waals surface area contributed by atoms with E-state index in [2.05, 4.69) is 51.5 Å². The summed E-state index contributed by atoms with van der Waals surface area (Å²) in [6.07, 6.45) is 14.2. The van der Waals surface area contributed by atoms with Crippen molar-refractivity contribution in [3.8, 4) is 0 Å². The third-order valence-electron chi connectivity index (χ3n) is 4.55. The number of hydrogen-bond acceptors (Lipinski definition) is 2. The molecule has 21 heavy (non-hydrogen) atoms. The van der Waals surface area contributed by atoms with Gasteiger partial charge < -0.3 is 4.90 Å². The van der Waals surface area contributed by atoms with E-state index in [1.807, 2.05) is 0 Å². The molecule has 128 valence electrons. The summed E-state index contributed by atoms with van der Waals surface area (Å²) in [5.41, 5.74) is 0.605. The molecule has 0 saturated carbocycles. The molecule has 1 unspecified atom stereocenters. The molecule has 0 N–H and O–H groups in total. The molecule has 0 aliphatic carbocycles. The van der Waals surface area contributed by atoms with Crippen molar-refractivity contribution >= 4 is 11.8 Å². The highest BCUT2D eigenvalue weighted by Gasteiger charge is 2.22. The van der Waals surface area contributed by atoms with Crippen LogP contribution in [-0.4, -0.2) is 37.0 Å². The molecule has 2 heteroatoms. The standard InChI is InChI=1S/C19H41NS/c1-6-8-10-11-12-14-19(3,13-9-7-2)15-17-21-18-16-20(4)5/h6-18H2,1-5H3. The average molecular weight is 316 g/mol. The van der Waals surface area contributed by atoms with Gasteiger partial charge in [0.1, 0.15) is 0 Å². The quantitative estimate of drug-likeness (QED) is 0.330. The Hall–Kier alpha value is 0.310. The minimum Gasteiger partial charge on any atom is -0.309 e. The summed E-state index contributed by atoms with van der Waals surface area (Å²) in [5, 5.41) is 0. The highest BCUT2D eigenvalue weighted by atomic mass is 32.2. The van der Waals surface area contributed by atoms with Crippen LogP contribution in [0.1, 0.15) is 85.0 Å². The van der Waals surface area contributed by atoms with E-state index in [1.165, 1.54) is 82.3 Å². The van der Waals surface area contributed by atoms with Gasteiger partial charge in [0.25, 0.3) is 0 Å². The summed E-state index contributed by atoms with van der Waals surface area (Å²) >= 11 is 2.15. The second kappa shape index (κ2) is 13.9.